The van der Waals surface area contributed by atoms with E-state index in [1.165, 1.54) is 13.2 Å². The molecule has 7 rings (SSSR count). The Labute approximate surface area is 219 Å². The minimum atomic E-state index is -1.18. The molecule has 0 amide bonds. The first-order chi connectivity index (χ1) is 17.8. The summed E-state index contributed by atoms with van der Waals surface area (Å²) in [4.78, 5) is 52.9. The van der Waals surface area contributed by atoms with Crippen molar-refractivity contribution < 1.29 is 47.3 Å². The predicted molar refractivity (Wildman–Crippen MR) is 125 cm³/mol. The minimum absolute atomic E-state index is 0.0243. The summed E-state index contributed by atoms with van der Waals surface area (Å²) >= 11 is 0. The number of hydrogen-bond donors (Lipinski definition) is 0. The molecule has 0 N–H and O–H groups in total. The van der Waals surface area contributed by atoms with E-state index in [-0.39, 0.29) is 30.7 Å². The number of ether oxygens (including phenoxy) is 5. The minimum Gasteiger partial charge on any atom is -0.472 e. The molecule has 204 valence electrons. The molecule has 10 nitrogen and oxygen atoms in total. The van der Waals surface area contributed by atoms with Crippen molar-refractivity contribution in [1.29, 1.82) is 0 Å². The third-order valence-electron chi connectivity index (χ3n) is 10.9. The summed E-state index contributed by atoms with van der Waals surface area (Å²) in [5, 5.41) is 0. The molecular weight excluding hydrogens is 496 g/mol. The van der Waals surface area contributed by atoms with Gasteiger partial charge in [-0.3, -0.25) is 14.4 Å². The van der Waals surface area contributed by atoms with Gasteiger partial charge in [0.2, 0.25) is 0 Å². The Bertz CT molecular complexity index is 1270. The first-order valence-electron chi connectivity index (χ1n) is 13.3. The fourth-order valence-electron chi connectivity index (χ4n) is 9.84. The van der Waals surface area contributed by atoms with Crippen LogP contribution in [0.2, 0.25) is 0 Å². The zero-order chi connectivity index (χ0) is 27.0. The Balaban J connectivity index is 1.46. The van der Waals surface area contributed by atoms with Gasteiger partial charge in [-0.2, -0.15) is 0 Å². The molecule has 1 aromatic heterocycles. The highest BCUT2D eigenvalue weighted by Crippen LogP contribution is 2.80. The number of carbonyl (C=O) groups is 4. The first-order valence-corrected chi connectivity index (χ1v) is 13.3. The summed E-state index contributed by atoms with van der Waals surface area (Å²) in [5.41, 5.74) is -4.10. The molecule has 0 bridgehead atoms. The van der Waals surface area contributed by atoms with E-state index in [9.17, 15) is 19.2 Å². The van der Waals surface area contributed by atoms with Gasteiger partial charge in [-0.15, -0.1) is 0 Å². The van der Waals surface area contributed by atoms with Crippen LogP contribution in [0.25, 0.3) is 0 Å². The molecule has 5 heterocycles. The van der Waals surface area contributed by atoms with Crippen molar-refractivity contribution in [3.05, 3.63) is 24.2 Å². The molecule has 4 saturated heterocycles. The number of rotatable bonds is 2. The second kappa shape index (κ2) is 7.07. The maximum Gasteiger partial charge on any atom is 0.339 e. The molecular formula is C28H32O10. The third-order valence-corrected chi connectivity index (χ3v) is 10.9. The molecule has 6 aliphatic rings. The smallest absolute Gasteiger partial charge is 0.339 e. The number of fused-ring (bicyclic) bond motifs is 1. The van der Waals surface area contributed by atoms with E-state index < -0.39 is 69.7 Å². The lowest BCUT2D eigenvalue weighted by atomic mass is 9.36. The average molecular weight is 529 g/mol. The highest BCUT2D eigenvalue weighted by molar-refractivity contribution is 5.93. The number of ketones is 1. The van der Waals surface area contributed by atoms with Crippen LogP contribution < -0.4 is 0 Å². The van der Waals surface area contributed by atoms with Crippen LogP contribution in [0, 0.1) is 28.1 Å². The second-order valence-corrected chi connectivity index (χ2v) is 12.9. The molecule has 6 fully saturated rings. The fraction of sp³-hybridized carbons (Fsp3) is 0.714. The molecule has 0 radical (unpaired) electrons. The highest BCUT2D eigenvalue weighted by atomic mass is 16.7. The maximum absolute atomic E-state index is 14.6. The van der Waals surface area contributed by atoms with Crippen molar-refractivity contribution in [3.63, 3.8) is 0 Å². The van der Waals surface area contributed by atoms with E-state index in [0.717, 1.165) is 0 Å². The molecule has 10 unspecified atom stereocenters. The van der Waals surface area contributed by atoms with Crippen molar-refractivity contribution in [2.75, 3.05) is 6.61 Å². The fourth-order valence-corrected chi connectivity index (χ4v) is 9.84. The maximum atomic E-state index is 14.6. The van der Waals surface area contributed by atoms with E-state index in [1.807, 2.05) is 27.7 Å². The highest BCUT2D eigenvalue weighted by Gasteiger charge is 2.91. The van der Waals surface area contributed by atoms with Gasteiger partial charge < -0.3 is 28.1 Å². The SMILES string of the molecule is CC(=O)OC1C(=O)C2C(C)(C)OC3CC(=O)OCC32C2CCC3(C)C(c4ccoc4)OC(=O)C4OC43C12C. The largest absolute Gasteiger partial charge is 0.472 e. The van der Waals surface area contributed by atoms with Crippen LogP contribution in [0.5, 0.6) is 0 Å². The van der Waals surface area contributed by atoms with E-state index in [2.05, 4.69) is 0 Å². The van der Waals surface area contributed by atoms with Gasteiger partial charge in [0.25, 0.3) is 0 Å². The summed E-state index contributed by atoms with van der Waals surface area (Å²) in [6.07, 6.45) is 1.01. The van der Waals surface area contributed by atoms with Gasteiger partial charge in [0, 0.05) is 28.7 Å². The number of furan rings is 1. The Kier molecular flexibility index (Phi) is 4.53. The van der Waals surface area contributed by atoms with Gasteiger partial charge in [0.05, 0.1) is 36.6 Å². The summed E-state index contributed by atoms with van der Waals surface area (Å²) in [5.74, 6) is -2.73. The Hall–Kier alpha value is -2.72. The molecule has 2 saturated carbocycles. The van der Waals surface area contributed by atoms with Crippen molar-refractivity contribution in [3.8, 4) is 0 Å². The summed E-state index contributed by atoms with van der Waals surface area (Å²) < 4.78 is 35.8. The number of cyclic esters (lactones) is 2. The van der Waals surface area contributed by atoms with Crippen molar-refractivity contribution >= 4 is 23.7 Å². The molecule has 0 aromatic carbocycles. The Morgan fingerprint density at radius 1 is 1.08 bits per heavy atom. The van der Waals surface area contributed by atoms with E-state index in [4.69, 9.17) is 28.1 Å². The van der Waals surface area contributed by atoms with Gasteiger partial charge in [0.1, 0.15) is 18.3 Å². The number of hydrogen-bond acceptors (Lipinski definition) is 10. The first kappa shape index (κ1) is 24.3. The summed E-state index contributed by atoms with van der Waals surface area (Å²) in [6, 6.07) is 1.77. The number of esters is 3. The van der Waals surface area contributed by atoms with Gasteiger partial charge in [0.15, 0.2) is 18.0 Å². The van der Waals surface area contributed by atoms with Gasteiger partial charge in [-0.1, -0.05) is 13.8 Å². The van der Waals surface area contributed by atoms with Crippen LogP contribution in [-0.4, -0.2) is 59.8 Å². The average Bonchev–Trinajstić information content (AvgIpc) is 3.30. The molecule has 10 atom stereocenters. The molecule has 2 aliphatic carbocycles. The normalized spacial score (nSPS) is 49.9. The van der Waals surface area contributed by atoms with Crippen molar-refractivity contribution in [2.45, 2.75) is 89.5 Å². The molecule has 38 heavy (non-hydrogen) atoms. The van der Waals surface area contributed by atoms with E-state index in [0.29, 0.717) is 18.4 Å². The standard InChI is InChI=1S/C28H32O10/c1-13(29)35-21-18(31)19-24(2,3)37-16-10-17(30)34-12-27(16,19)15-6-8-25(4)20(14-7-9-33-11-14)36-23(32)22-28(25,38-22)26(15,21)5/h7,9,11,15-16,19-22H,6,8,10,12H2,1-5H3. The van der Waals surface area contributed by atoms with E-state index in [1.54, 1.807) is 12.3 Å². The van der Waals surface area contributed by atoms with Crippen LogP contribution in [0.1, 0.15) is 65.5 Å². The van der Waals surface area contributed by atoms with Crippen LogP contribution in [0.3, 0.4) is 0 Å². The number of Topliss-reactive ketones (excluding diaryl/α,β-unsaturated/α-hetero) is 1. The molecule has 10 heteroatoms. The lowest BCUT2D eigenvalue weighted by Crippen LogP contribution is -2.76. The molecule has 2 spiro atoms. The van der Waals surface area contributed by atoms with Crippen LogP contribution in [0.15, 0.2) is 23.0 Å². The lowest BCUT2D eigenvalue weighted by Gasteiger charge is -2.66. The van der Waals surface area contributed by atoms with Gasteiger partial charge >= 0.3 is 17.9 Å². The zero-order valence-electron chi connectivity index (χ0n) is 22.1. The monoisotopic (exact) mass is 528 g/mol. The third kappa shape index (κ3) is 2.48. The topological polar surface area (TPSA) is 131 Å². The van der Waals surface area contributed by atoms with E-state index >= 15 is 0 Å². The number of carbonyl (C=O) groups excluding carboxylic acids is 4. The van der Waals surface area contributed by atoms with Crippen molar-refractivity contribution in [2.24, 2.45) is 28.1 Å². The predicted octanol–water partition coefficient (Wildman–Crippen LogP) is 2.68. The quantitative estimate of drug-likeness (QED) is 0.321. The number of epoxide rings is 1. The molecule has 1 aromatic rings. The second-order valence-electron chi connectivity index (χ2n) is 12.9. The molecule has 4 aliphatic heterocycles. The van der Waals surface area contributed by atoms with Gasteiger partial charge in [-0.05, 0) is 38.7 Å². The summed E-state index contributed by atoms with van der Waals surface area (Å²) in [7, 11) is 0. The summed E-state index contributed by atoms with van der Waals surface area (Å²) in [6.45, 7) is 8.94. The van der Waals surface area contributed by atoms with Crippen molar-refractivity contribution in [1.82, 2.24) is 0 Å². The van der Waals surface area contributed by atoms with Crippen LogP contribution in [-0.2, 0) is 42.9 Å². The Morgan fingerprint density at radius 3 is 2.53 bits per heavy atom. The van der Waals surface area contributed by atoms with Crippen LogP contribution >= 0.6 is 0 Å². The van der Waals surface area contributed by atoms with Gasteiger partial charge in [-0.25, -0.2) is 4.79 Å². The Morgan fingerprint density at radius 2 is 1.84 bits per heavy atom. The van der Waals surface area contributed by atoms with Crippen LogP contribution in [0.4, 0.5) is 0 Å². The lowest BCUT2D eigenvalue weighted by molar-refractivity contribution is -0.255. The zero-order valence-corrected chi connectivity index (χ0v) is 22.1.